The molecule has 0 heteroatoms. The minimum atomic E-state index is 1.01. The van der Waals surface area contributed by atoms with Crippen molar-refractivity contribution in [2.75, 3.05) is 0 Å². The number of hydrogen-bond donors (Lipinski definition) is 0. The average molecular weight is 567 g/mol. The van der Waals surface area contributed by atoms with Gasteiger partial charge in [0, 0.05) is 0 Å². The summed E-state index contributed by atoms with van der Waals surface area (Å²) >= 11 is 0. The summed E-state index contributed by atoms with van der Waals surface area (Å²) in [5.41, 5.74) is 0. The van der Waals surface area contributed by atoms with Crippen LogP contribution < -0.4 is 0 Å². The summed E-state index contributed by atoms with van der Waals surface area (Å²) < 4.78 is 0. The smallest absolute Gasteiger partial charge is 0.0386 e. The van der Waals surface area contributed by atoms with Crippen molar-refractivity contribution in [3.05, 3.63) is 0 Å². The zero-order chi connectivity index (χ0) is 30.9. The first-order valence-corrected chi connectivity index (χ1v) is 19.6. The van der Waals surface area contributed by atoms with Gasteiger partial charge in [-0.2, -0.15) is 0 Å². The Labute approximate surface area is 259 Å². The summed E-state index contributed by atoms with van der Waals surface area (Å²) in [6.07, 6.45) is 36.1. The molecular weight excluding hydrogens is 480 g/mol. The van der Waals surface area contributed by atoms with E-state index in [2.05, 4.69) is 20.8 Å². The van der Waals surface area contributed by atoms with Crippen LogP contribution in [0.15, 0.2) is 0 Å². The summed E-state index contributed by atoms with van der Waals surface area (Å²) in [5.74, 6) is 5.29. The molecule has 4 fully saturated rings. The topological polar surface area (TPSA) is 0 Å². The van der Waals surface area contributed by atoms with E-state index < -0.39 is 0 Å². The van der Waals surface area contributed by atoms with Gasteiger partial charge < -0.3 is 0 Å². The summed E-state index contributed by atoms with van der Waals surface area (Å²) in [6.45, 7) is 23.2. The Morgan fingerprint density at radius 2 is 0.400 bits per heavy atom. The second kappa shape index (κ2) is 37.0. The standard InChI is InChI=1S/C14H26.2C9H18.4C2H6/c1-12-6-4-10-14(11-5-7-12)13-8-2-3-9-13;2*1-9-7-5-3-2-4-6-8-9;4*1-2/h12-14H,2-11H2,1H3;2*9H,2-8H2,1H3;4*1-2H3. The lowest BCUT2D eigenvalue weighted by molar-refractivity contribution is 0.250. The molecule has 0 aliphatic heterocycles. The Morgan fingerprint density at radius 1 is 0.225 bits per heavy atom. The minimum absolute atomic E-state index is 1.01. The van der Waals surface area contributed by atoms with Crippen molar-refractivity contribution in [2.45, 2.75) is 230 Å². The van der Waals surface area contributed by atoms with Crippen molar-refractivity contribution in [3.63, 3.8) is 0 Å². The lowest BCUT2D eigenvalue weighted by Crippen LogP contribution is -2.15. The lowest BCUT2D eigenvalue weighted by atomic mass is 9.79. The Bertz CT molecular complexity index is 360. The Morgan fingerprint density at radius 3 is 0.675 bits per heavy atom. The van der Waals surface area contributed by atoms with Crippen LogP contribution in [0.4, 0.5) is 0 Å². The van der Waals surface area contributed by atoms with Gasteiger partial charge in [-0.25, -0.2) is 0 Å². The van der Waals surface area contributed by atoms with Crippen LogP contribution >= 0.6 is 0 Å². The molecule has 0 aromatic carbocycles. The molecule has 0 N–H and O–H groups in total. The molecule has 0 aromatic heterocycles. The first-order valence-electron chi connectivity index (χ1n) is 19.6. The van der Waals surface area contributed by atoms with Crippen molar-refractivity contribution in [1.82, 2.24) is 0 Å². The van der Waals surface area contributed by atoms with Crippen molar-refractivity contribution >= 4 is 0 Å². The monoisotopic (exact) mass is 567 g/mol. The van der Waals surface area contributed by atoms with Gasteiger partial charge in [0.15, 0.2) is 0 Å². The predicted octanol–water partition coefficient (Wildman–Crippen LogP) is 15.6. The highest BCUT2D eigenvalue weighted by molar-refractivity contribution is 4.77. The predicted molar refractivity (Wildman–Crippen MR) is 191 cm³/mol. The van der Waals surface area contributed by atoms with Gasteiger partial charge in [-0.05, 0) is 29.6 Å². The van der Waals surface area contributed by atoms with Gasteiger partial charge in [0.1, 0.15) is 0 Å². The van der Waals surface area contributed by atoms with Crippen LogP contribution in [0.2, 0.25) is 0 Å². The van der Waals surface area contributed by atoms with Gasteiger partial charge in [0.25, 0.3) is 0 Å². The van der Waals surface area contributed by atoms with Crippen LogP contribution in [-0.4, -0.2) is 0 Å². The van der Waals surface area contributed by atoms with Crippen molar-refractivity contribution in [1.29, 1.82) is 0 Å². The molecule has 4 aliphatic rings. The SMILES string of the molecule is CC.CC.CC.CC.CC1CCCC(C2CCCC2)CCC1.CC1CCCCCCC1.CC1CCCCCCC1. The number of rotatable bonds is 1. The molecule has 4 saturated carbocycles. The highest BCUT2D eigenvalue weighted by Crippen LogP contribution is 2.38. The third-order valence-corrected chi connectivity index (χ3v) is 9.40. The van der Waals surface area contributed by atoms with Crippen molar-refractivity contribution < 1.29 is 0 Å². The van der Waals surface area contributed by atoms with E-state index in [0.29, 0.717) is 0 Å². The molecule has 0 heterocycles. The van der Waals surface area contributed by atoms with Gasteiger partial charge in [0.05, 0.1) is 0 Å². The van der Waals surface area contributed by atoms with E-state index in [4.69, 9.17) is 0 Å². The molecule has 4 aliphatic carbocycles. The largest absolute Gasteiger partial charge is 0.0683 e. The van der Waals surface area contributed by atoms with Gasteiger partial charge in [-0.15, -0.1) is 0 Å². The lowest BCUT2D eigenvalue weighted by Gasteiger charge is -2.27. The maximum atomic E-state index is 2.44. The Hall–Kier alpha value is 0. The van der Waals surface area contributed by atoms with Crippen LogP contribution in [0.1, 0.15) is 230 Å². The molecule has 0 bridgehead atoms. The minimum Gasteiger partial charge on any atom is -0.0683 e. The molecule has 0 atom stereocenters. The van der Waals surface area contributed by atoms with Crippen LogP contribution in [0.5, 0.6) is 0 Å². The quantitative estimate of drug-likeness (QED) is 0.296. The fraction of sp³-hybridized carbons (Fsp3) is 1.00. The molecule has 4 rings (SSSR count). The second-order valence-electron chi connectivity index (χ2n) is 12.7. The maximum Gasteiger partial charge on any atom is -0.0386 e. The molecule has 40 heavy (non-hydrogen) atoms. The first kappa shape index (κ1) is 44.4. The highest BCUT2D eigenvalue weighted by atomic mass is 14.3. The third-order valence-electron chi connectivity index (χ3n) is 9.40. The van der Waals surface area contributed by atoms with E-state index in [-0.39, 0.29) is 0 Å². The summed E-state index contributed by atoms with van der Waals surface area (Å²) in [7, 11) is 0. The van der Waals surface area contributed by atoms with Gasteiger partial charge in [0.2, 0.25) is 0 Å². The summed E-state index contributed by atoms with van der Waals surface area (Å²) in [6, 6.07) is 0. The maximum absolute atomic E-state index is 2.44. The van der Waals surface area contributed by atoms with Crippen LogP contribution in [0, 0.1) is 29.6 Å². The Kier molecular flexibility index (Phi) is 41.1. The molecule has 0 aromatic rings. The first-order chi connectivity index (χ1) is 19.6. The van der Waals surface area contributed by atoms with E-state index in [1.54, 1.807) is 25.7 Å². The van der Waals surface area contributed by atoms with E-state index in [1.807, 2.05) is 55.4 Å². The van der Waals surface area contributed by atoms with Crippen LogP contribution in [0.3, 0.4) is 0 Å². The normalized spacial score (nSPS) is 24.7. The molecule has 0 unspecified atom stereocenters. The molecule has 0 amide bonds. The van der Waals surface area contributed by atoms with Crippen LogP contribution in [-0.2, 0) is 0 Å². The van der Waals surface area contributed by atoms with Gasteiger partial charge >= 0.3 is 0 Å². The zero-order valence-corrected chi connectivity index (χ0v) is 30.9. The molecular formula is C40H86. The summed E-state index contributed by atoms with van der Waals surface area (Å²) in [5, 5.41) is 0. The number of hydrogen-bond acceptors (Lipinski definition) is 0. The second-order valence-corrected chi connectivity index (χ2v) is 12.7. The van der Waals surface area contributed by atoms with Crippen molar-refractivity contribution in [3.8, 4) is 0 Å². The highest BCUT2D eigenvalue weighted by Gasteiger charge is 2.25. The Balaban J connectivity index is -0.000000467. The molecule has 0 saturated heterocycles. The third kappa shape index (κ3) is 28.1. The average Bonchev–Trinajstić information content (AvgIpc) is 3.51. The fourth-order valence-corrected chi connectivity index (χ4v) is 6.97. The molecule has 0 nitrogen and oxygen atoms in total. The molecule has 246 valence electrons. The van der Waals surface area contributed by atoms with Crippen LogP contribution in [0.25, 0.3) is 0 Å². The van der Waals surface area contributed by atoms with Gasteiger partial charge in [-0.3, -0.25) is 0 Å². The van der Waals surface area contributed by atoms with E-state index in [0.717, 1.165) is 29.6 Å². The zero-order valence-electron chi connectivity index (χ0n) is 30.9. The van der Waals surface area contributed by atoms with E-state index >= 15 is 0 Å². The molecule has 0 radical (unpaired) electrons. The van der Waals surface area contributed by atoms with Gasteiger partial charge in [-0.1, -0.05) is 230 Å². The van der Waals surface area contributed by atoms with E-state index in [9.17, 15) is 0 Å². The fourth-order valence-electron chi connectivity index (χ4n) is 6.97. The van der Waals surface area contributed by atoms with E-state index in [1.165, 1.54) is 128 Å². The summed E-state index contributed by atoms with van der Waals surface area (Å²) in [4.78, 5) is 0. The van der Waals surface area contributed by atoms with Crippen molar-refractivity contribution in [2.24, 2.45) is 29.6 Å². The molecule has 0 spiro atoms.